The second-order valence-electron chi connectivity index (χ2n) is 1.71. The summed E-state index contributed by atoms with van der Waals surface area (Å²) in [6.45, 7) is 4.46. The Balaban J connectivity index is 0. The summed E-state index contributed by atoms with van der Waals surface area (Å²) in [6.07, 6.45) is 5.54. The first-order valence-corrected chi connectivity index (χ1v) is 4.05. The molecule has 0 nitrogen and oxygen atoms in total. The number of unbranched alkanes of at least 4 members (excludes halogenated alkanes) is 3. The fraction of sp³-hybridized carbons (Fsp3) is 1.00. The Morgan fingerprint density at radius 1 is 1.00 bits per heavy atom. The summed E-state index contributed by atoms with van der Waals surface area (Å²) in [7, 11) is 1.47. The summed E-state index contributed by atoms with van der Waals surface area (Å²) in [5, 5.41) is 0. The van der Waals surface area contributed by atoms with Crippen LogP contribution in [0.3, 0.4) is 0 Å². The Bertz CT molecular complexity index is 20.5. The normalized spacial score (nSPS) is 7.38. The van der Waals surface area contributed by atoms with E-state index >= 15 is 0 Å². The molecule has 0 saturated carbocycles. The maximum atomic E-state index is 4.64. The molecule has 0 amide bonds. The minimum Gasteiger partial charge on any atom is -0.206 e. The Morgan fingerprint density at radius 2 is 1.25 bits per heavy atom. The fourth-order valence-electron chi connectivity index (χ4n) is 0.500. The lowest BCUT2D eigenvalue weighted by atomic mass is 10.2. The van der Waals surface area contributed by atoms with E-state index in [-0.39, 0.29) is 0 Å². The zero-order valence-electron chi connectivity index (χ0n) is 6.21. The molecule has 0 aromatic heterocycles. The van der Waals surface area contributed by atoms with E-state index in [1.807, 2.05) is 0 Å². The first-order chi connectivity index (χ1) is 3.91. The second-order valence-corrected chi connectivity index (χ2v) is 1.71. The van der Waals surface area contributed by atoms with Crippen molar-refractivity contribution in [2.75, 3.05) is 0 Å². The lowest BCUT2D eigenvalue weighted by molar-refractivity contribution is 0.702. The van der Waals surface area contributed by atoms with E-state index in [4.69, 9.17) is 0 Å². The highest BCUT2D eigenvalue weighted by Crippen LogP contribution is 1.95. The molecule has 0 aliphatic heterocycles. The molecule has 50 valence electrons. The monoisotopic (exact) mass is 134 g/mol. The van der Waals surface area contributed by atoms with E-state index in [1.165, 1.54) is 32.9 Å². The van der Waals surface area contributed by atoms with E-state index in [1.54, 1.807) is 0 Å². The van der Waals surface area contributed by atoms with Crippen molar-refractivity contribution in [2.45, 2.75) is 39.5 Å². The lowest BCUT2D eigenvalue weighted by Gasteiger charge is -1.86. The van der Waals surface area contributed by atoms with Crippen LogP contribution < -0.4 is 0 Å². The summed E-state index contributed by atoms with van der Waals surface area (Å²) in [4.78, 5) is 0. The number of halogens is 1. The molecule has 0 N–H and O–H groups in total. The molecule has 0 fully saturated rings. The minimum atomic E-state index is 1.36. The predicted octanol–water partition coefficient (Wildman–Crippen LogP) is 2.36. The van der Waals surface area contributed by atoms with Gasteiger partial charge in [-0.15, -0.1) is 0 Å². The van der Waals surface area contributed by atoms with Crippen molar-refractivity contribution in [3.63, 3.8) is 0 Å². The van der Waals surface area contributed by atoms with Crippen molar-refractivity contribution in [1.82, 2.24) is 0 Å². The average molecular weight is 134 g/mol. The van der Waals surface area contributed by atoms with Gasteiger partial charge in [-0.3, -0.25) is 0 Å². The molecule has 2 heteroatoms. The van der Waals surface area contributed by atoms with Gasteiger partial charge in [-0.25, -0.2) is 11.5 Å². The molecule has 0 aromatic rings. The Kier molecular flexibility index (Phi) is 21.9. The molecule has 0 radical (unpaired) electrons. The van der Waals surface area contributed by atoms with Crippen LogP contribution >= 0.6 is 11.5 Å². The van der Waals surface area contributed by atoms with Crippen LogP contribution in [0, 0.1) is 0 Å². The third kappa shape index (κ3) is 16.2. The van der Waals surface area contributed by atoms with Crippen molar-refractivity contribution >= 4 is 18.7 Å². The molecule has 0 heterocycles. The third-order valence-electron chi connectivity index (χ3n) is 0.957. The maximum absolute atomic E-state index is 4.64. The Labute approximate surface area is 58.9 Å². The van der Waals surface area contributed by atoms with Crippen LogP contribution in [-0.2, 0) is 0 Å². The number of rotatable bonds is 3. The highest BCUT2D eigenvalue weighted by atomic mass is 35.5. The van der Waals surface area contributed by atoms with Crippen molar-refractivity contribution in [1.29, 1.82) is 0 Å². The fourth-order valence-corrected chi connectivity index (χ4v) is 0.500. The first kappa shape index (κ1) is 11.2. The summed E-state index contributed by atoms with van der Waals surface area (Å²) >= 11 is 4.64. The molecular weight excluding hydrogens is 118 g/mol. The molecule has 8 heavy (non-hydrogen) atoms. The molecular formula is C6H16BCl. The van der Waals surface area contributed by atoms with Crippen molar-refractivity contribution in [3.8, 4) is 0 Å². The van der Waals surface area contributed by atoms with Crippen LogP contribution in [0.2, 0.25) is 0 Å². The third-order valence-corrected chi connectivity index (χ3v) is 0.957. The molecule has 0 rings (SSSR count). The van der Waals surface area contributed by atoms with Crippen molar-refractivity contribution in [2.24, 2.45) is 0 Å². The van der Waals surface area contributed by atoms with E-state index in [9.17, 15) is 0 Å². The molecule has 0 unspecified atom stereocenters. The largest absolute Gasteiger partial charge is 0.215 e. The summed E-state index contributed by atoms with van der Waals surface area (Å²) in [5.41, 5.74) is 0. The van der Waals surface area contributed by atoms with E-state index < -0.39 is 0 Å². The van der Waals surface area contributed by atoms with Crippen LogP contribution in [0.15, 0.2) is 0 Å². The molecule has 0 atom stereocenters. The summed E-state index contributed by atoms with van der Waals surface area (Å²) < 4.78 is 0. The highest BCUT2D eigenvalue weighted by molar-refractivity contribution is 6.80. The SMILES string of the molecule is BCl.CCCCCC. The van der Waals surface area contributed by atoms with Gasteiger partial charge < -0.3 is 0 Å². The maximum Gasteiger partial charge on any atom is 0.215 e. The zero-order valence-corrected chi connectivity index (χ0v) is 6.96. The molecule has 0 spiro atoms. The van der Waals surface area contributed by atoms with Gasteiger partial charge in [0.05, 0.1) is 0 Å². The lowest BCUT2D eigenvalue weighted by Crippen LogP contribution is -1.66. The van der Waals surface area contributed by atoms with Crippen LogP contribution in [-0.4, -0.2) is 7.26 Å². The van der Waals surface area contributed by atoms with Gasteiger partial charge >= 0.3 is 0 Å². The first-order valence-electron chi connectivity index (χ1n) is 3.29. The summed E-state index contributed by atoms with van der Waals surface area (Å²) in [6, 6.07) is 0. The Morgan fingerprint density at radius 3 is 1.38 bits per heavy atom. The van der Waals surface area contributed by atoms with E-state index in [2.05, 4.69) is 25.3 Å². The molecule has 0 saturated heterocycles. The van der Waals surface area contributed by atoms with Gasteiger partial charge in [0.15, 0.2) is 0 Å². The Hall–Kier alpha value is 0.355. The molecule has 0 bridgehead atoms. The zero-order chi connectivity index (χ0) is 6.83. The predicted molar refractivity (Wildman–Crippen MR) is 44.2 cm³/mol. The van der Waals surface area contributed by atoms with Gasteiger partial charge in [-0.05, 0) is 0 Å². The van der Waals surface area contributed by atoms with Crippen LogP contribution in [0.5, 0.6) is 0 Å². The summed E-state index contributed by atoms with van der Waals surface area (Å²) in [5.74, 6) is 0. The van der Waals surface area contributed by atoms with Gasteiger partial charge in [0.1, 0.15) is 0 Å². The van der Waals surface area contributed by atoms with Gasteiger partial charge in [0.2, 0.25) is 7.26 Å². The minimum absolute atomic E-state index is 1.36. The number of hydrogen-bond donors (Lipinski definition) is 0. The average Bonchev–Trinajstić information content (AvgIpc) is 1.88. The van der Waals surface area contributed by atoms with Crippen molar-refractivity contribution in [3.05, 3.63) is 0 Å². The molecule has 0 aromatic carbocycles. The molecule has 0 aliphatic rings. The van der Waals surface area contributed by atoms with E-state index in [0.717, 1.165) is 0 Å². The molecule has 0 aliphatic carbocycles. The van der Waals surface area contributed by atoms with Gasteiger partial charge in [-0.2, -0.15) is 0 Å². The quantitative estimate of drug-likeness (QED) is 0.411. The topological polar surface area (TPSA) is 0 Å². The van der Waals surface area contributed by atoms with Crippen LogP contribution in [0.25, 0.3) is 0 Å². The number of hydrogen-bond acceptors (Lipinski definition) is 0. The van der Waals surface area contributed by atoms with Gasteiger partial charge in [0, 0.05) is 0 Å². The van der Waals surface area contributed by atoms with E-state index in [0.29, 0.717) is 0 Å². The van der Waals surface area contributed by atoms with Crippen LogP contribution in [0.4, 0.5) is 0 Å². The highest BCUT2D eigenvalue weighted by Gasteiger charge is 1.75. The smallest absolute Gasteiger partial charge is 0.206 e. The second kappa shape index (κ2) is 15.7. The van der Waals surface area contributed by atoms with Crippen molar-refractivity contribution < 1.29 is 0 Å². The standard InChI is InChI=1S/C6H14.BClH2/c1-3-5-6-4-2;1-2/h3-6H2,1-2H3;1H2. The van der Waals surface area contributed by atoms with Gasteiger partial charge in [-0.1, -0.05) is 39.5 Å². The van der Waals surface area contributed by atoms with Crippen LogP contribution in [0.1, 0.15) is 39.5 Å². The van der Waals surface area contributed by atoms with Gasteiger partial charge in [0.25, 0.3) is 0 Å².